The molecule has 0 bridgehead atoms. The number of amides is 1. The van der Waals surface area contributed by atoms with Gasteiger partial charge in [0.25, 0.3) is 5.91 Å². The lowest BCUT2D eigenvalue weighted by atomic mass is 9.87. The number of hydrogen-bond donors (Lipinski definition) is 2. The van der Waals surface area contributed by atoms with Gasteiger partial charge in [-0.3, -0.25) is 14.4 Å². The number of aliphatic hydroxyl groups is 1. The summed E-state index contributed by atoms with van der Waals surface area (Å²) in [5.74, 6) is 0.309. The van der Waals surface area contributed by atoms with Gasteiger partial charge in [0, 0.05) is 54.3 Å². The summed E-state index contributed by atoms with van der Waals surface area (Å²) < 4.78 is 3.18. The molecule has 2 atom stereocenters. The summed E-state index contributed by atoms with van der Waals surface area (Å²) >= 11 is 7.67. The molecule has 0 aliphatic carbocycles. The first-order valence-electron chi connectivity index (χ1n) is 13.3. The van der Waals surface area contributed by atoms with Crippen LogP contribution in [0.3, 0.4) is 0 Å². The monoisotopic (exact) mass is 567 g/mol. The molecule has 0 spiro atoms. The average Bonchev–Trinajstić information content (AvgIpc) is 3.07. The summed E-state index contributed by atoms with van der Waals surface area (Å²) in [5, 5.41) is 11.0. The Morgan fingerprint density at radius 3 is 2.46 bits per heavy atom. The van der Waals surface area contributed by atoms with Crippen molar-refractivity contribution in [2.24, 2.45) is 5.41 Å². The highest BCUT2D eigenvalue weighted by atomic mass is 35.5. The third-order valence-corrected chi connectivity index (χ3v) is 8.36. The molecule has 7 nitrogen and oxygen atoms in total. The Hall–Kier alpha value is -2.65. The van der Waals surface area contributed by atoms with Gasteiger partial charge in [0.05, 0.1) is 11.8 Å². The number of rotatable bonds is 6. The minimum absolute atomic E-state index is 0.0851. The largest absolute Gasteiger partial charge is 0.390 e. The Labute approximate surface area is 241 Å². The summed E-state index contributed by atoms with van der Waals surface area (Å²) in [7, 11) is 0. The van der Waals surface area contributed by atoms with Crippen molar-refractivity contribution in [3.63, 3.8) is 0 Å². The number of aliphatic hydroxyl groups excluding tert-OH is 1. The third-order valence-electron chi connectivity index (χ3n) is 7.40. The van der Waals surface area contributed by atoms with Gasteiger partial charge in [0.2, 0.25) is 5.95 Å². The molecule has 39 heavy (non-hydrogen) atoms. The molecule has 1 fully saturated rings. The first-order chi connectivity index (χ1) is 18.4. The summed E-state index contributed by atoms with van der Waals surface area (Å²) in [5.41, 5.74) is 4.69. The van der Waals surface area contributed by atoms with Crippen molar-refractivity contribution in [1.29, 1.82) is 0 Å². The fourth-order valence-corrected chi connectivity index (χ4v) is 5.70. The van der Waals surface area contributed by atoms with Crippen LogP contribution >= 0.6 is 23.5 Å². The maximum absolute atomic E-state index is 13.4. The summed E-state index contributed by atoms with van der Waals surface area (Å²) in [6.07, 6.45) is -0.591. The predicted octanol–water partition coefficient (Wildman–Crippen LogP) is 6.09. The first-order valence-corrected chi connectivity index (χ1v) is 14.5. The normalized spacial score (nSPS) is 17.5. The van der Waals surface area contributed by atoms with E-state index in [1.54, 1.807) is 11.0 Å². The first kappa shape index (κ1) is 29.3. The number of aryl methyl sites for hydroxylation is 2. The molecule has 1 saturated heterocycles. The van der Waals surface area contributed by atoms with E-state index in [2.05, 4.69) is 68.3 Å². The van der Waals surface area contributed by atoms with Gasteiger partial charge in [0.15, 0.2) is 0 Å². The number of β-amino-alcohol motifs (C(OH)–C–C–N with tert-alkyl or cyclic N) is 1. The molecule has 1 aliphatic rings. The Balaban J connectivity index is 1.46. The van der Waals surface area contributed by atoms with Gasteiger partial charge in [0.1, 0.15) is 5.15 Å². The summed E-state index contributed by atoms with van der Waals surface area (Å²) in [6, 6.07) is 15.6. The molecule has 9 heteroatoms. The minimum atomic E-state index is -0.591. The van der Waals surface area contributed by atoms with E-state index in [9.17, 15) is 9.90 Å². The molecule has 2 heterocycles. The van der Waals surface area contributed by atoms with Crippen LogP contribution in [0.5, 0.6) is 0 Å². The number of nitrogens with zero attached hydrogens (tertiary/aromatic N) is 4. The molecule has 208 valence electrons. The van der Waals surface area contributed by atoms with E-state index in [0.717, 1.165) is 33.8 Å². The molecule has 1 amide bonds. The van der Waals surface area contributed by atoms with Crippen molar-refractivity contribution in [2.75, 3.05) is 30.9 Å². The van der Waals surface area contributed by atoms with Crippen molar-refractivity contribution in [3.05, 3.63) is 70.4 Å². The Morgan fingerprint density at radius 2 is 1.77 bits per heavy atom. The number of benzene rings is 2. The van der Waals surface area contributed by atoms with Gasteiger partial charge in [-0.2, -0.15) is 0 Å². The second kappa shape index (κ2) is 12.3. The van der Waals surface area contributed by atoms with Crippen molar-refractivity contribution in [2.45, 2.75) is 58.6 Å². The number of aromatic nitrogens is 2. The standard InChI is InChI=1S/C30H38ClN5O2S/c1-19-9-7-10-20(2)27(19)25-16-26(31)33-29(32-25)34-39-24-12-8-11-22(15-24)28(38)36-14-13-35(17-23(37)18-36)21(3)30(4,5)6/h7-12,15-16,21,23,37H,13-14,17-18H2,1-6H3,(H,32,33,34)/t21?,23-/m1/s1. The maximum Gasteiger partial charge on any atom is 0.254 e. The van der Waals surface area contributed by atoms with E-state index in [0.29, 0.717) is 36.3 Å². The van der Waals surface area contributed by atoms with Gasteiger partial charge >= 0.3 is 0 Å². The van der Waals surface area contributed by atoms with E-state index in [1.807, 2.05) is 30.3 Å². The summed E-state index contributed by atoms with van der Waals surface area (Å²) in [6.45, 7) is 15.1. The van der Waals surface area contributed by atoms with Crippen LogP contribution < -0.4 is 4.72 Å². The van der Waals surface area contributed by atoms with Crippen LogP contribution in [0.4, 0.5) is 5.95 Å². The molecule has 0 saturated carbocycles. The van der Waals surface area contributed by atoms with E-state index in [-0.39, 0.29) is 17.4 Å². The van der Waals surface area contributed by atoms with E-state index < -0.39 is 6.10 Å². The highest BCUT2D eigenvalue weighted by molar-refractivity contribution is 8.00. The van der Waals surface area contributed by atoms with Crippen LogP contribution in [0.1, 0.15) is 49.2 Å². The lowest BCUT2D eigenvalue weighted by molar-refractivity contribution is 0.0597. The molecular weight excluding hydrogens is 530 g/mol. The van der Waals surface area contributed by atoms with E-state index in [1.165, 1.54) is 11.9 Å². The molecular formula is C30H38ClN5O2S. The van der Waals surface area contributed by atoms with Crippen LogP contribution in [0, 0.1) is 19.3 Å². The zero-order valence-corrected chi connectivity index (χ0v) is 25.1. The number of carbonyl (C=O) groups is 1. The average molecular weight is 568 g/mol. The Bertz CT molecular complexity index is 1310. The predicted molar refractivity (Wildman–Crippen MR) is 160 cm³/mol. The van der Waals surface area contributed by atoms with Crippen LogP contribution in [0.25, 0.3) is 11.3 Å². The second-order valence-electron chi connectivity index (χ2n) is 11.3. The highest BCUT2D eigenvalue weighted by Crippen LogP contribution is 2.30. The SMILES string of the molecule is Cc1cccc(C)c1-c1cc(Cl)nc(NSc2cccc(C(=O)N3CCN(C(C)C(C)(C)C)C[C@@H](O)C3)c2)n1. The fraction of sp³-hybridized carbons (Fsp3) is 0.433. The summed E-state index contributed by atoms with van der Waals surface area (Å²) in [4.78, 5) is 27.3. The molecule has 1 unspecified atom stereocenters. The highest BCUT2D eigenvalue weighted by Gasteiger charge is 2.32. The molecule has 3 aromatic rings. The van der Waals surface area contributed by atoms with Crippen molar-refractivity contribution in [1.82, 2.24) is 19.8 Å². The topological polar surface area (TPSA) is 81.6 Å². The van der Waals surface area contributed by atoms with Gasteiger partial charge < -0.3 is 10.0 Å². The molecule has 1 aliphatic heterocycles. The molecule has 2 aromatic carbocycles. The lowest BCUT2D eigenvalue weighted by Crippen LogP contribution is -2.45. The number of nitrogens with one attached hydrogen (secondary N) is 1. The van der Waals surface area contributed by atoms with E-state index >= 15 is 0 Å². The van der Waals surface area contributed by atoms with Crippen LogP contribution in [0.15, 0.2) is 53.4 Å². The van der Waals surface area contributed by atoms with Gasteiger partial charge in [-0.25, -0.2) is 9.97 Å². The minimum Gasteiger partial charge on any atom is -0.390 e. The smallest absolute Gasteiger partial charge is 0.254 e. The second-order valence-corrected chi connectivity index (χ2v) is 12.6. The zero-order valence-electron chi connectivity index (χ0n) is 23.5. The third kappa shape index (κ3) is 7.31. The molecule has 0 radical (unpaired) electrons. The molecule has 4 rings (SSSR count). The fourth-order valence-electron chi connectivity index (χ4n) is 4.89. The van der Waals surface area contributed by atoms with Crippen molar-refractivity contribution < 1.29 is 9.90 Å². The van der Waals surface area contributed by atoms with Crippen molar-refractivity contribution in [3.8, 4) is 11.3 Å². The number of hydrogen-bond acceptors (Lipinski definition) is 7. The van der Waals surface area contributed by atoms with Gasteiger partial charge in [-0.05, 0) is 67.5 Å². The molecule has 2 N–H and O–H groups in total. The zero-order chi connectivity index (χ0) is 28.3. The molecule has 1 aromatic heterocycles. The quantitative estimate of drug-likeness (QED) is 0.276. The van der Waals surface area contributed by atoms with Crippen LogP contribution in [0.2, 0.25) is 5.15 Å². The van der Waals surface area contributed by atoms with Gasteiger partial charge in [-0.1, -0.05) is 56.6 Å². The number of anilines is 1. The maximum atomic E-state index is 13.4. The van der Waals surface area contributed by atoms with E-state index in [4.69, 9.17) is 16.6 Å². The van der Waals surface area contributed by atoms with Crippen molar-refractivity contribution >= 4 is 35.4 Å². The Morgan fingerprint density at radius 1 is 1.08 bits per heavy atom. The number of halogens is 1. The van der Waals surface area contributed by atoms with Crippen LogP contribution in [-0.4, -0.2) is 69.1 Å². The van der Waals surface area contributed by atoms with Gasteiger partial charge in [-0.15, -0.1) is 0 Å². The number of carbonyl (C=O) groups excluding carboxylic acids is 1. The lowest BCUT2D eigenvalue weighted by Gasteiger charge is -2.37. The van der Waals surface area contributed by atoms with Crippen LogP contribution in [-0.2, 0) is 0 Å². The Kier molecular flexibility index (Phi) is 9.21.